The largest absolute Gasteiger partial charge is 0.370 e. The summed E-state index contributed by atoms with van der Waals surface area (Å²) in [5, 5.41) is 12.1. The van der Waals surface area contributed by atoms with E-state index in [1.165, 1.54) is 11.1 Å². The van der Waals surface area contributed by atoms with E-state index in [1.54, 1.807) is 0 Å². The second-order valence-electron chi connectivity index (χ2n) is 8.22. The number of amides is 1. The molecule has 1 aromatic heterocycles. The van der Waals surface area contributed by atoms with Gasteiger partial charge in [-0.15, -0.1) is 5.10 Å². The summed E-state index contributed by atoms with van der Waals surface area (Å²) < 4.78 is 2.01. The number of para-hydroxylation sites is 1. The highest BCUT2D eigenvalue weighted by molar-refractivity contribution is 5.87. The molecule has 30 heavy (non-hydrogen) atoms. The summed E-state index contributed by atoms with van der Waals surface area (Å²) in [5.41, 5.74) is 6.68. The summed E-state index contributed by atoms with van der Waals surface area (Å²) in [6, 6.07) is 17.1. The van der Waals surface area contributed by atoms with Crippen LogP contribution in [-0.4, -0.2) is 34.0 Å². The number of fused-ring (bicyclic) bond motifs is 5. The fraction of sp³-hybridized carbons (Fsp3) is 0.375. The Labute approximate surface area is 177 Å². The number of carbonyl (C=O) groups is 1. The van der Waals surface area contributed by atoms with Crippen molar-refractivity contribution in [3.63, 3.8) is 0 Å². The molecule has 0 radical (unpaired) electrons. The zero-order valence-electron chi connectivity index (χ0n) is 17.9. The third kappa shape index (κ3) is 4.08. The van der Waals surface area contributed by atoms with Crippen molar-refractivity contribution in [2.24, 2.45) is 0 Å². The molecule has 1 aliphatic rings. The molecule has 1 amide bonds. The minimum Gasteiger partial charge on any atom is -0.370 e. The van der Waals surface area contributed by atoms with E-state index in [2.05, 4.69) is 76.1 Å². The second kappa shape index (κ2) is 8.69. The van der Waals surface area contributed by atoms with Gasteiger partial charge in [0.25, 0.3) is 0 Å². The average molecular weight is 404 g/mol. The molecule has 2 aromatic carbocycles. The molecule has 0 spiro atoms. The molecule has 2 heterocycles. The van der Waals surface area contributed by atoms with Crippen LogP contribution in [0.4, 0.5) is 5.69 Å². The van der Waals surface area contributed by atoms with Crippen LogP contribution < -0.4 is 10.2 Å². The Bertz CT molecular complexity index is 1040. The van der Waals surface area contributed by atoms with Gasteiger partial charge in [0.15, 0.2) is 0 Å². The Morgan fingerprint density at radius 1 is 1.07 bits per heavy atom. The topological polar surface area (TPSA) is 63.1 Å². The predicted molar refractivity (Wildman–Crippen MR) is 120 cm³/mol. The van der Waals surface area contributed by atoms with Crippen molar-refractivity contribution < 1.29 is 4.79 Å². The van der Waals surface area contributed by atoms with E-state index in [-0.39, 0.29) is 11.9 Å². The quantitative estimate of drug-likeness (QED) is 0.625. The summed E-state index contributed by atoms with van der Waals surface area (Å²) in [6.07, 6.45) is 2.25. The number of nitrogens with zero attached hydrogens (tertiary/aromatic N) is 4. The van der Waals surface area contributed by atoms with E-state index in [4.69, 9.17) is 0 Å². The highest BCUT2D eigenvalue weighted by Gasteiger charge is 2.24. The molecule has 4 rings (SSSR count). The minimum atomic E-state index is 0.112. The molecule has 0 atom stereocenters. The molecule has 0 saturated heterocycles. The van der Waals surface area contributed by atoms with Crippen molar-refractivity contribution in [3.05, 3.63) is 54.1 Å². The van der Waals surface area contributed by atoms with Gasteiger partial charge in [-0.3, -0.25) is 4.79 Å². The van der Waals surface area contributed by atoms with Crippen molar-refractivity contribution in [1.82, 2.24) is 20.3 Å². The third-order valence-corrected chi connectivity index (χ3v) is 5.46. The van der Waals surface area contributed by atoms with Crippen LogP contribution in [0.25, 0.3) is 22.5 Å². The zero-order valence-corrected chi connectivity index (χ0v) is 17.9. The van der Waals surface area contributed by atoms with Crippen molar-refractivity contribution in [2.45, 2.75) is 52.2 Å². The van der Waals surface area contributed by atoms with Gasteiger partial charge in [0, 0.05) is 49.4 Å². The van der Waals surface area contributed by atoms with Crippen LogP contribution >= 0.6 is 0 Å². The first-order valence-electron chi connectivity index (χ1n) is 10.7. The van der Waals surface area contributed by atoms with E-state index in [9.17, 15) is 4.79 Å². The lowest BCUT2D eigenvalue weighted by Gasteiger charge is -2.26. The molecule has 0 saturated carbocycles. The maximum absolute atomic E-state index is 11.9. The zero-order chi connectivity index (χ0) is 21.1. The predicted octanol–water partition coefficient (Wildman–Crippen LogP) is 4.26. The first-order chi connectivity index (χ1) is 14.5. The molecular formula is C24H29N5O. The van der Waals surface area contributed by atoms with Crippen LogP contribution in [0.5, 0.6) is 0 Å². The lowest BCUT2D eigenvalue weighted by Crippen LogP contribution is -2.29. The first-order valence-corrected chi connectivity index (χ1v) is 10.7. The minimum absolute atomic E-state index is 0.112. The number of hydrogen-bond donors (Lipinski definition) is 1. The van der Waals surface area contributed by atoms with Crippen molar-refractivity contribution in [3.8, 4) is 22.5 Å². The number of rotatable bonds is 6. The van der Waals surface area contributed by atoms with Gasteiger partial charge >= 0.3 is 0 Å². The molecule has 0 bridgehead atoms. The Morgan fingerprint density at radius 2 is 1.80 bits per heavy atom. The Balaban J connectivity index is 1.64. The van der Waals surface area contributed by atoms with Crippen molar-refractivity contribution in [1.29, 1.82) is 0 Å². The van der Waals surface area contributed by atoms with Gasteiger partial charge in [0.1, 0.15) is 5.69 Å². The van der Waals surface area contributed by atoms with E-state index >= 15 is 0 Å². The van der Waals surface area contributed by atoms with E-state index in [1.807, 2.05) is 18.5 Å². The Morgan fingerprint density at radius 3 is 2.60 bits per heavy atom. The SMILES string of the molecule is CC(C)NC(=O)CCCCn1nnc2c1-c1ccccc1CN(C)c1ccccc1-2. The first kappa shape index (κ1) is 20.1. The highest BCUT2D eigenvalue weighted by atomic mass is 16.1. The molecular weight excluding hydrogens is 374 g/mol. The van der Waals surface area contributed by atoms with Crippen LogP contribution in [0.15, 0.2) is 48.5 Å². The number of hydrogen-bond acceptors (Lipinski definition) is 4. The highest BCUT2D eigenvalue weighted by Crippen LogP contribution is 2.40. The van der Waals surface area contributed by atoms with Gasteiger partial charge in [-0.25, -0.2) is 4.68 Å². The summed E-state index contributed by atoms with van der Waals surface area (Å²) in [5.74, 6) is 0.112. The Kier molecular flexibility index (Phi) is 5.84. The van der Waals surface area contributed by atoms with Gasteiger partial charge in [-0.2, -0.15) is 0 Å². The number of anilines is 1. The normalized spacial score (nSPS) is 12.6. The van der Waals surface area contributed by atoms with Crippen molar-refractivity contribution >= 4 is 11.6 Å². The summed E-state index contributed by atoms with van der Waals surface area (Å²) >= 11 is 0. The Hall–Kier alpha value is -3.15. The standard InChI is InChI=1S/C24H29N5O/c1-17(2)25-22(30)14-8-9-15-29-24-19-11-5-4-10-18(19)16-28(3)21-13-7-6-12-20(21)23(24)26-27-29/h4-7,10-13,17H,8-9,14-16H2,1-3H3,(H,25,30). The molecule has 0 fully saturated rings. The second-order valence-corrected chi connectivity index (χ2v) is 8.22. The van der Waals surface area contributed by atoms with E-state index in [0.717, 1.165) is 48.6 Å². The van der Waals surface area contributed by atoms with Gasteiger partial charge < -0.3 is 10.2 Å². The van der Waals surface area contributed by atoms with Crippen LogP contribution in [0.3, 0.4) is 0 Å². The maximum atomic E-state index is 11.9. The lowest BCUT2D eigenvalue weighted by molar-refractivity contribution is -0.121. The van der Waals surface area contributed by atoms with E-state index < -0.39 is 0 Å². The molecule has 6 heteroatoms. The molecule has 3 aromatic rings. The van der Waals surface area contributed by atoms with Gasteiger partial charge in [0.2, 0.25) is 5.91 Å². The number of aromatic nitrogens is 3. The lowest BCUT2D eigenvalue weighted by atomic mass is 9.96. The summed E-state index contributed by atoms with van der Waals surface area (Å²) in [7, 11) is 2.12. The van der Waals surface area contributed by atoms with Gasteiger partial charge in [-0.1, -0.05) is 47.7 Å². The van der Waals surface area contributed by atoms with Crippen molar-refractivity contribution in [2.75, 3.05) is 11.9 Å². The third-order valence-electron chi connectivity index (χ3n) is 5.46. The van der Waals surface area contributed by atoms with Crippen LogP contribution in [0.2, 0.25) is 0 Å². The number of aryl methyl sites for hydroxylation is 1. The molecule has 1 aliphatic heterocycles. The monoisotopic (exact) mass is 403 g/mol. The number of benzene rings is 2. The number of carbonyl (C=O) groups excluding carboxylic acids is 1. The molecule has 156 valence electrons. The fourth-order valence-electron chi connectivity index (χ4n) is 4.10. The fourth-order valence-corrected chi connectivity index (χ4v) is 4.10. The molecule has 1 N–H and O–H groups in total. The van der Waals surface area contributed by atoms with Gasteiger partial charge in [-0.05, 0) is 38.3 Å². The summed E-state index contributed by atoms with van der Waals surface area (Å²) in [4.78, 5) is 14.2. The van der Waals surface area contributed by atoms with Crippen LogP contribution in [0.1, 0.15) is 38.7 Å². The molecule has 0 unspecified atom stereocenters. The average Bonchev–Trinajstić information content (AvgIpc) is 3.13. The number of unbranched alkanes of at least 4 members (excludes halogenated alkanes) is 1. The van der Waals surface area contributed by atoms with Crippen LogP contribution in [0, 0.1) is 0 Å². The maximum Gasteiger partial charge on any atom is 0.220 e. The summed E-state index contributed by atoms with van der Waals surface area (Å²) in [6.45, 7) is 5.53. The van der Waals surface area contributed by atoms with Crippen LogP contribution in [-0.2, 0) is 17.9 Å². The smallest absolute Gasteiger partial charge is 0.220 e. The number of nitrogens with one attached hydrogen (secondary N) is 1. The van der Waals surface area contributed by atoms with E-state index in [0.29, 0.717) is 6.42 Å². The molecule has 6 nitrogen and oxygen atoms in total. The van der Waals surface area contributed by atoms with Gasteiger partial charge in [0.05, 0.1) is 5.69 Å². The molecule has 0 aliphatic carbocycles.